The van der Waals surface area contributed by atoms with Crippen LogP contribution in [0.25, 0.3) is 0 Å². The standard InChI is InChI=1S/C21H31FN4O3S/c1-14(2)17-11-16(22)12-18(15(3)4)19(17)13-20(27)24-30(28,29)21-7-8-26(23-21)10-9-25(5)6/h7-8,11-12,14-15H,9-10,13H2,1-6H3,(H,24,27). The van der Waals surface area contributed by atoms with Crippen molar-refractivity contribution >= 4 is 15.9 Å². The molecule has 166 valence electrons. The van der Waals surface area contributed by atoms with Crippen molar-refractivity contribution in [2.45, 2.75) is 57.5 Å². The molecule has 0 aliphatic heterocycles. The normalized spacial score (nSPS) is 12.2. The molecule has 1 aromatic carbocycles. The van der Waals surface area contributed by atoms with E-state index in [0.717, 1.165) is 0 Å². The highest BCUT2D eigenvalue weighted by atomic mass is 32.2. The topological polar surface area (TPSA) is 84.3 Å². The molecule has 9 heteroatoms. The van der Waals surface area contributed by atoms with Crippen LogP contribution in [0, 0.1) is 5.82 Å². The van der Waals surface area contributed by atoms with Gasteiger partial charge in [0.25, 0.3) is 10.0 Å². The summed E-state index contributed by atoms with van der Waals surface area (Å²) < 4.78 is 42.9. The number of halogens is 1. The Balaban J connectivity index is 2.23. The second kappa shape index (κ2) is 9.70. The van der Waals surface area contributed by atoms with Crippen LogP contribution in [0.2, 0.25) is 0 Å². The van der Waals surface area contributed by atoms with Crippen molar-refractivity contribution in [1.29, 1.82) is 0 Å². The zero-order chi connectivity index (χ0) is 22.6. The number of nitrogens with zero attached hydrogens (tertiary/aromatic N) is 3. The Kier molecular flexibility index (Phi) is 7.76. The molecule has 0 aliphatic rings. The predicted octanol–water partition coefficient (Wildman–Crippen LogP) is 2.88. The quantitative estimate of drug-likeness (QED) is 0.651. The molecule has 0 fully saturated rings. The van der Waals surface area contributed by atoms with Crippen LogP contribution in [0.4, 0.5) is 4.39 Å². The van der Waals surface area contributed by atoms with Crippen LogP contribution in [0.5, 0.6) is 0 Å². The maximum Gasteiger partial charge on any atom is 0.283 e. The highest BCUT2D eigenvalue weighted by molar-refractivity contribution is 7.90. The monoisotopic (exact) mass is 438 g/mol. The first-order valence-corrected chi connectivity index (χ1v) is 11.4. The first-order chi connectivity index (χ1) is 13.9. The summed E-state index contributed by atoms with van der Waals surface area (Å²) in [5.74, 6) is -1.05. The number of hydrogen-bond acceptors (Lipinski definition) is 5. The summed E-state index contributed by atoms with van der Waals surface area (Å²) in [6.07, 6.45) is 1.41. The van der Waals surface area contributed by atoms with Crippen molar-refractivity contribution in [2.75, 3.05) is 20.6 Å². The summed E-state index contributed by atoms with van der Waals surface area (Å²) in [5.41, 5.74) is 2.09. The number of hydrogen-bond donors (Lipinski definition) is 1. The van der Waals surface area contributed by atoms with Gasteiger partial charge >= 0.3 is 0 Å². The number of rotatable bonds is 9. The van der Waals surface area contributed by atoms with E-state index < -0.39 is 15.9 Å². The molecule has 0 spiro atoms. The fraction of sp³-hybridized carbons (Fsp3) is 0.524. The van der Waals surface area contributed by atoms with Gasteiger partial charge < -0.3 is 4.90 Å². The molecule has 1 amide bonds. The van der Waals surface area contributed by atoms with Crippen LogP contribution < -0.4 is 4.72 Å². The third kappa shape index (κ3) is 6.12. The molecule has 2 rings (SSSR count). The molecule has 7 nitrogen and oxygen atoms in total. The Morgan fingerprint density at radius 2 is 1.73 bits per heavy atom. The number of sulfonamides is 1. The molecule has 1 aromatic heterocycles. The van der Waals surface area contributed by atoms with E-state index in [2.05, 4.69) is 9.82 Å². The van der Waals surface area contributed by atoms with Gasteiger partial charge in [0.2, 0.25) is 5.91 Å². The van der Waals surface area contributed by atoms with Gasteiger partial charge in [-0.3, -0.25) is 9.48 Å². The second-order valence-corrected chi connectivity index (χ2v) is 9.93. The minimum absolute atomic E-state index is 0.00926. The van der Waals surface area contributed by atoms with E-state index in [9.17, 15) is 17.6 Å². The second-order valence-electron chi connectivity index (χ2n) is 8.30. The first kappa shape index (κ1) is 24.0. The number of nitrogens with one attached hydrogen (secondary N) is 1. The molecule has 0 bridgehead atoms. The Hall–Kier alpha value is -2.26. The predicted molar refractivity (Wildman–Crippen MR) is 114 cm³/mol. The molecule has 1 N–H and O–H groups in total. The summed E-state index contributed by atoms with van der Waals surface area (Å²) >= 11 is 0. The van der Waals surface area contributed by atoms with Crippen LogP contribution in [-0.2, 0) is 27.8 Å². The Bertz CT molecular complexity index is 968. The van der Waals surface area contributed by atoms with Crippen LogP contribution in [-0.4, -0.2) is 49.6 Å². The van der Waals surface area contributed by atoms with Gasteiger partial charge in [-0.1, -0.05) is 27.7 Å². The van der Waals surface area contributed by atoms with Gasteiger partial charge in [0, 0.05) is 12.7 Å². The van der Waals surface area contributed by atoms with E-state index in [-0.39, 0.29) is 29.1 Å². The van der Waals surface area contributed by atoms with E-state index in [4.69, 9.17) is 0 Å². The minimum atomic E-state index is -4.09. The SMILES string of the molecule is CC(C)c1cc(F)cc(C(C)C)c1CC(=O)NS(=O)(=O)c1ccn(CCN(C)C)n1. The number of likely N-dealkylation sites (N-methyl/N-ethyl adjacent to an activating group) is 1. The zero-order valence-corrected chi connectivity index (χ0v) is 19.3. The summed E-state index contributed by atoms with van der Waals surface area (Å²) in [4.78, 5) is 14.6. The van der Waals surface area contributed by atoms with Gasteiger partial charge in [-0.15, -0.1) is 0 Å². The summed E-state index contributed by atoms with van der Waals surface area (Å²) in [7, 11) is -0.270. The zero-order valence-electron chi connectivity index (χ0n) is 18.4. The lowest BCUT2D eigenvalue weighted by molar-refractivity contribution is -0.118. The van der Waals surface area contributed by atoms with Crippen molar-refractivity contribution in [3.05, 3.63) is 46.9 Å². The number of aromatic nitrogens is 2. The molecule has 0 unspecified atom stereocenters. The highest BCUT2D eigenvalue weighted by Gasteiger charge is 2.24. The molecule has 0 saturated carbocycles. The molecule has 2 aromatic rings. The van der Waals surface area contributed by atoms with Crippen LogP contribution >= 0.6 is 0 Å². The molecule has 0 radical (unpaired) electrons. The number of carbonyl (C=O) groups is 1. The van der Waals surface area contributed by atoms with Crippen LogP contribution in [0.1, 0.15) is 56.2 Å². The van der Waals surface area contributed by atoms with Gasteiger partial charge in [0.1, 0.15) is 5.82 Å². The van der Waals surface area contributed by atoms with Gasteiger partial charge in [-0.05, 0) is 60.8 Å². The highest BCUT2D eigenvalue weighted by Crippen LogP contribution is 2.29. The van der Waals surface area contributed by atoms with E-state index >= 15 is 0 Å². The van der Waals surface area contributed by atoms with Crippen molar-refractivity contribution in [2.24, 2.45) is 0 Å². The Morgan fingerprint density at radius 3 is 2.23 bits per heavy atom. The maximum absolute atomic E-state index is 14.1. The van der Waals surface area contributed by atoms with E-state index in [1.54, 1.807) is 6.20 Å². The molecule has 30 heavy (non-hydrogen) atoms. The lowest BCUT2D eigenvalue weighted by Gasteiger charge is -2.19. The molecule has 0 atom stereocenters. The fourth-order valence-corrected chi connectivity index (χ4v) is 4.16. The van der Waals surface area contributed by atoms with Crippen LogP contribution in [0.15, 0.2) is 29.4 Å². The number of amides is 1. The van der Waals surface area contributed by atoms with Crippen molar-refractivity contribution in [3.63, 3.8) is 0 Å². The Morgan fingerprint density at radius 1 is 1.17 bits per heavy atom. The number of benzene rings is 1. The third-order valence-corrected chi connectivity index (χ3v) is 6.05. The van der Waals surface area contributed by atoms with Gasteiger partial charge in [0.05, 0.1) is 13.0 Å². The summed E-state index contributed by atoms with van der Waals surface area (Å²) in [6, 6.07) is 4.20. The van der Waals surface area contributed by atoms with Gasteiger partial charge in [0.15, 0.2) is 5.03 Å². The number of carbonyl (C=O) groups excluding carboxylic acids is 1. The average Bonchev–Trinajstić information content (AvgIpc) is 3.10. The van der Waals surface area contributed by atoms with Crippen molar-refractivity contribution < 1.29 is 17.6 Å². The first-order valence-electron chi connectivity index (χ1n) is 9.96. The third-order valence-electron chi connectivity index (χ3n) is 4.78. The largest absolute Gasteiger partial charge is 0.308 e. The lowest BCUT2D eigenvalue weighted by atomic mass is 9.87. The van der Waals surface area contributed by atoms with Crippen molar-refractivity contribution in [1.82, 2.24) is 19.4 Å². The molecule has 0 saturated heterocycles. The van der Waals surface area contributed by atoms with E-state index in [1.165, 1.54) is 22.9 Å². The Labute approximate surface area is 178 Å². The maximum atomic E-state index is 14.1. The van der Waals surface area contributed by atoms with E-state index in [1.807, 2.05) is 46.7 Å². The van der Waals surface area contributed by atoms with Gasteiger partial charge in [-0.25, -0.2) is 9.11 Å². The summed E-state index contributed by atoms with van der Waals surface area (Å²) in [5, 5.41) is 3.85. The van der Waals surface area contributed by atoms with Gasteiger partial charge in [-0.2, -0.15) is 13.5 Å². The summed E-state index contributed by atoms with van der Waals surface area (Å²) in [6.45, 7) is 8.89. The van der Waals surface area contributed by atoms with Crippen molar-refractivity contribution in [3.8, 4) is 0 Å². The minimum Gasteiger partial charge on any atom is -0.308 e. The molecular weight excluding hydrogens is 407 g/mol. The fourth-order valence-electron chi connectivity index (χ4n) is 3.23. The van der Waals surface area contributed by atoms with E-state index in [0.29, 0.717) is 29.8 Å². The lowest BCUT2D eigenvalue weighted by Crippen LogP contribution is -2.33. The molecule has 1 heterocycles. The molecule has 0 aliphatic carbocycles. The smallest absolute Gasteiger partial charge is 0.283 e. The van der Waals surface area contributed by atoms with Crippen LogP contribution in [0.3, 0.4) is 0 Å². The average molecular weight is 439 g/mol. The molecular formula is C21H31FN4O3S.